The summed E-state index contributed by atoms with van der Waals surface area (Å²) in [7, 11) is 4.63. The van der Waals surface area contributed by atoms with E-state index in [-0.39, 0.29) is 49.5 Å². The lowest BCUT2D eigenvalue weighted by Gasteiger charge is -2.47. The van der Waals surface area contributed by atoms with Crippen molar-refractivity contribution in [3.05, 3.63) is 23.3 Å². The van der Waals surface area contributed by atoms with Crippen LogP contribution in [-0.2, 0) is 42.9 Å². The molecule has 56 heavy (non-hydrogen) atoms. The van der Waals surface area contributed by atoms with E-state index >= 15 is 0 Å². The van der Waals surface area contributed by atoms with Crippen LogP contribution in [0.2, 0.25) is 0 Å². The first-order valence-corrected chi connectivity index (χ1v) is 20.8. The number of esters is 1. The Balaban J connectivity index is 1.76. The molecule has 13 nitrogen and oxygen atoms in total. The molecule has 13 heteroatoms. The molecule has 0 unspecified atom stereocenters. The van der Waals surface area contributed by atoms with Gasteiger partial charge >= 0.3 is 5.97 Å². The zero-order valence-corrected chi connectivity index (χ0v) is 35.1. The zero-order chi connectivity index (χ0) is 41.5. The number of ether oxygens (including phenoxy) is 5. The minimum absolute atomic E-state index is 0.000914. The van der Waals surface area contributed by atoms with Crippen LogP contribution in [0.1, 0.15) is 112 Å². The van der Waals surface area contributed by atoms with E-state index in [9.17, 15) is 34.5 Å². The summed E-state index contributed by atoms with van der Waals surface area (Å²) in [5, 5.41) is 34.1. The first-order chi connectivity index (χ1) is 26.5. The highest BCUT2D eigenvalue weighted by atomic mass is 16.7. The van der Waals surface area contributed by atoms with Gasteiger partial charge in [-0.15, -0.1) is 0 Å². The SMILES string of the molecule is CC[C@H]1/C=C(/C)C[C@H](C)C[C@H](OC)[C@@H]2O[C@@](O)(C(=O)C(=O)N3CCCC[C@@H]3C(=O)O[C@@H](/C(C)=C/[C@@H]3CC[C@@H](O)[C@H](OC)C3)[C@H](C)[C@@H](O)CC1=O)[C@H](C)C[C@@H]2OC. The summed E-state index contributed by atoms with van der Waals surface area (Å²) in [5.74, 6) is -7.50. The molecule has 0 aromatic carbocycles. The molecule has 0 radical (unpaired) electrons. The minimum Gasteiger partial charge on any atom is -0.456 e. The molecule has 4 rings (SSSR count). The lowest BCUT2D eigenvalue weighted by Crippen LogP contribution is -2.64. The van der Waals surface area contributed by atoms with Crippen molar-refractivity contribution in [3.63, 3.8) is 0 Å². The molecule has 2 saturated heterocycles. The molecule has 1 amide bonds. The zero-order valence-electron chi connectivity index (χ0n) is 35.1. The van der Waals surface area contributed by atoms with Crippen LogP contribution in [0.25, 0.3) is 0 Å². The van der Waals surface area contributed by atoms with Gasteiger partial charge in [0.1, 0.15) is 24.0 Å². The molecule has 14 atom stereocenters. The molecule has 3 N–H and O–H groups in total. The number of amides is 1. The van der Waals surface area contributed by atoms with Crippen LogP contribution in [0.5, 0.6) is 0 Å². The molecule has 4 aliphatic rings. The van der Waals surface area contributed by atoms with E-state index in [2.05, 4.69) is 6.92 Å². The molecule has 1 aliphatic carbocycles. The Hall–Kier alpha value is -2.52. The summed E-state index contributed by atoms with van der Waals surface area (Å²) < 4.78 is 29.7. The lowest BCUT2D eigenvalue weighted by atomic mass is 9.81. The number of piperidine rings is 1. The fraction of sp³-hybridized carbons (Fsp3) is 0.814. The van der Waals surface area contributed by atoms with Crippen LogP contribution in [0.4, 0.5) is 0 Å². The Bertz CT molecular complexity index is 1430. The summed E-state index contributed by atoms with van der Waals surface area (Å²) in [5.41, 5.74) is 1.66. The summed E-state index contributed by atoms with van der Waals surface area (Å²) in [4.78, 5) is 57.6. The van der Waals surface area contributed by atoms with Crippen molar-refractivity contribution in [2.75, 3.05) is 27.9 Å². The van der Waals surface area contributed by atoms with Crippen molar-refractivity contribution in [1.29, 1.82) is 0 Å². The van der Waals surface area contributed by atoms with Gasteiger partial charge in [-0.2, -0.15) is 0 Å². The van der Waals surface area contributed by atoms with E-state index in [0.29, 0.717) is 56.9 Å². The smallest absolute Gasteiger partial charge is 0.329 e. The monoisotopic (exact) mass is 791 g/mol. The number of Topliss-reactive ketones (excluding diaryl/α,β-unsaturated/α-hetero) is 2. The number of aliphatic hydroxyl groups excluding tert-OH is 2. The second kappa shape index (κ2) is 20.4. The Morgan fingerprint density at radius 1 is 0.911 bits per heavy atom. The van der Waals surface area contributed by atoms with Gasteiger partial charge in [0.25, 0.3) is 11.7 Å². The largest absolute Gasteiger partial charge is 0.456 e. The van der Waals surface area contributed by atoms with Crippen molar-refractivity contribution in [1.82, 2.24) is 4.90 Å². The molecule has 2 bridgehead atoms. The van der Waals surface area contributed by atoms with Gasteiger partial charge in [0.05, 0.1) is 30.5 Å². The van der Waals surface area contributed by atoms with Gasteiger partial charge in [0.15, 0.2) is 0 Å². The first-order valence-electron chi connectivity index (χ1n) is 20.8. The number of rotatable bonds is 6. The lowest BCUT2D eigenvalue weighted by molar-refractivity contribution is -0.302. The summed E-state index contributed by atoms with van der Waals surface area (Å²) in [6.07, 6.45) is 3.72. The first kappa shape index (κ1) is 46.2. The number of nitrogens with zero attached hydrogens (tertiary/aromatic N) is 1. The molecule has 1 saturated carbocycles. The Morgan fingerprint density at radius 2 is 1.57 bits per heavy atom. The highest BCUT2D eigenvalue weighted by Crippen LogP contribution is 2.39. The number of allylic oxidation sites excluding steroid dienone is 3. The van der Waals surface area contributed by atoms with Crippen molar-refractivity contribution in [3.8, 4) is 0 Å². The van der Waals surface area contributed by atoms with Gasteiger partial charge in [-0.3, -0.25) is 14.4 Å². The predicted octanol–water partition coefficient (Wildman–Crippen LogP) is 4.47. The third kappa shape index (κ3) is 10.7. The van der Waals surface area contributed by atoms with Gasteiger partial charge in [0.2, 0.25) is 5.79 Å². The third-order valence-corrected chi connectivity index (χ3v) is 12.9. The highest BCUT2D eigenvalue weighted by Gasteiger charge is 2.56. The number of methoxy groups -OCH3 is 3. The number of cyclic esters (lactones) is 1. The molecular formula is C43H69NO12. The maximum absolute atomic E-state index is 14.3. The normalized spacial score (nSPS) is 41.6. The molecule has 0 aromatic heterocycles. The molecule has 0 spiro atoms. The van der Waals surface area contributed by atoms with Gasteiger partial charge in [-0.05, 0) is 95.5 Å². The number of carbonyl (C=O) groups is 4. The number of hydrogen-bond donors (Lipinski definition) is 3. The van der Waals surface area contributed by atoms with Gasteiger partial charge in [-0.1, -0.05) is 45.4 Å². The Morgan fingerprint density at radius 3 is 2.21 bits per heavy atom. The van der Waals surface area contributed by atoms with E-state index in [1.807, 2.05) is 32.9 Å². The number of hydrogen-bond acceptors (Lipinski definition) is 12. The fourth-order valence-electron chi connectivity index (χ4n) is 9.39. The van der Waals surface area contributed by atoms with Gasteiger partial charge in [0, 0.05) is 52.0 Å². The summed E-state index contributed by atoms with van der Waals surface area (Å²) in [6.45, 7) is 11.3. The van der Waals surface area contributed by atoms with E-state index < -0.39 is 83.9 Å². The fourth-order valence-corrected chi connectivity index (χ4v) is 9.39. The average molecular weight is 792 g/mol. The van der Waals surface area contributed by atoms with E-state index in [4.69, 9.17) is 23.7 Å². The van der Waals surface area contributed by atoms with Crippen LogP contribution in [0.15, 0.2) is 23.3 Å². The number of carbonyl (C=O) groups excluding carboxylic acids is 4. The summed E-state index contributed by atoms with van der Waals surface area (Å²) >= 11 is 0. The highest BCUT2D eigenvalue weighted by molar-refractivity contribution is 6.39. The van der Waals surface area contributed by atoms with Crippen LogP contribution < -0.4 is 0 Å². The maximum Gasteiger partial charge on any atom is 0.329 e. The number of aliphatic hydroxyl groups is 3. The maximum atomic E-state index is 14.3. The predicted molar refractivity (Wildman–Crippen MR) is 208 cm³/mol. The van der Waals surface area contributed by atoms with E-state index in [1.165, 1.54) is 19.1 Å². The number of ketones is 2. The molecule has 318 valence electrons. The van der Waals surface area contributed by atoms with Crippen molar-refractivity contribution in [2.45, 2.75) is 167 Å². The second-order valence-corrected chi connectivity index (χ2v) is 17.2. The van der Waals surface area contributed by atoms with Gasteiger partial charge in [-0.25, -0.2) is 4.79 Å². The van der Waals surface area contributed by atoms with Crippen LogP contribution in [0, 0.1) is 29.6 Å². The van der Waals surface area contributed by atoms with Crippen molar-refractivity contribution >= 4 is 23.4 Å². The third-order valence-electron chi connectivity index (χ3n) is 12.9. The minimum atomic E-state index is -2.50. The van der Waals surface area contributed by atoms with Crippen LogP contribution in [0.3, 0.4) is 0 Å². The Labute approximate surface area is 333 Å². The van der Waals surface area contributed by atoms with Crippen LogP contribution in [-0.4, -0.2) is 126 Å². The molecule has 3 fully saturated rings. The second-order valence-electron chi connectivity index (χ2n) is 17.2. The van der Waals surface area contributed by atoms with E-state index in [1.54, 1.807) is 21.0 Å². The molecule has 0 aromatic rings. The van der Waals surface area contributed by atoms with Crippen molar-refractivity contribution in [2.24, 2.45) is 29.6 Å². The molecule has 3 aliphatic heterocycles. The van der Waals surface area contributed by atoms with Crippen molar-refractivity contribution < 1.29 is 58.2 Å². The molecule has 3 heterocycles. The number of fused-ring (bicyclic) bond motifs is 3. The molecular weight excluding hydrogens is 722 g/mol. The van der Waals surface area contributed by atoms with Gasteiger partial charge < -0.3 is 43.9 Å². The van der Waals surface area contributed by atoms with Crippen LogP contribution >= 0.6 is 0 Å². The standard InChI is InChI=1S/C43H69NO12/c1-10-30-18-24(2)17-25(3)19-36(53-8)39-37(54-9)21-27(5)43(51,56-39)40(48)41(49)44-16-12-11-13-31(44)42(50)55-38(28(6)33(46)23-34(30)47)26(4)20-29-14-15-32(45)35(22-29)52-7/h18,20,25,27-33,35-39,45-46,51H,10-17,19,21-23H2,1-9H3/b24-18-,26-20+/t25-,27+,28+,29-,30-,31+,32+,33-,35+,36-,37-,38-,39-,43+/m0/s1. The summed E-state index contributed by atoms with van der Waals surface area (Å²) in [6, 6.07) is -1.13. The Kier molecular flexibility index (Phi) is 16.9. The average Bonchev–Trinajstić information content (AvgIpc) is 3.18. The van der Waals surface area contributed by atoms with E-state index in [0.717, 1.165) is 5.57 Å². The topological polar surface area (TPSA) is 178 Å². The quantitative estimate of drug-likeness (QED) is 0.196.